The first-order valence-electron chi connectivity index (χ1n) is 5.52. The van der Waals surface area contributed by atoms with Crippen LogP contribution in [0.3, 0.4) is 0 Å². The minimum absolute atomic E-state index is 0.855. The molecule has 0 atom stereocenters. The summed E-state index contributed by atoms with van der Waals surface area (Å²) < 4.78 is 13.0. The van der Waals surface area contributed by atoms with Gasteiger partial charge in [-0.25, -0.2) is 0 Å². The molecule has 14 heavy (non-hydrogen) atoms. The highest BCUT2D eigenvalue weighted by Gasteiger charge is 2.30. The summed E-state index contributed by atoms with van der Waals surface area (Å²) >= 11 is 2.41. The fourth-order valence-corrected chi connectivity index (χ4v) is 4.77. The molecule has 0 amide bonds. The van der Waals surface area contributed by atoms with Crippen molar-refractivity contribution in [2.75, 3.05) is 17.6 Å². The van der Waals surface area contributed by atoms with Crippen LogP contribution in [0.4, 0.5) is 0 Å². The molecule has 0 fully saturated rings. The highest BCUT2D eigenvalue weighted by molar-refractivity contribution is 14.1. The average Bonchev–Trinajstić information content (AvgIpc) is 2.21. The lowest BCUT2D eigenvalue weighted by Gasteiger charge is -2.26. The Kier molecular flexibility index (Phi) is 9.68. The zero-order valence-electron chi connectivity index (χ0n) is 9.64. The molecule has 86 valence electrons. The van der Waals surface area contributed by atoms with E-state index in [9.17, 15) is 0 Å². The molecule has 0 unspecified atom stereocenters. The average molecular weight is 330 g/mol. The maximum atomic E-state index is 5.90. The van der Waals surface area contributed by atoms with E-state index in [1.165, 1.54) is 10.8 Å². The van der Waals surface area contributed by atoms with Crippen LogP contribution < -0.4 is 0 Å². The van der Waals surface area contributed by atoms with E-state index >= 15 is 0 Å². The Labute approximate surface area is 103 Å². The first-order chi connectivity index (χ1) is 6.68. The zero-order chi connectivity index (χ0) is 10.9. The lowest BCUT2D eigenvalue weighted by atomic mass is 10.5. The molecule has 2 nitrogen and oxygen atoms in total. The van der Waals surface area contributed by atoms with Crippen molar-refractivity contribution in [2.45, 2.75) is 45.7 Å². The normalized spacial score (nSPS) is 12.0. The van der Waals surface area contributed by atoms with E-state index < -0.39 is 8.56 Å². The van der Waals surface area contributed by atoms with Crippen LogP contribution in [0.1, 0.15) is 33.1 Å². The summed E-state index contributed by atoms with van der Waals surface area (Å²) in [6, 6.07) is 1.13. The van der Waals surface area contributed by atoms with E-state index in [0.717, 1.165) is 32.1 Å². The first-order valence-corrected chi connectivity index (χ1v) is 9.57. The van der Waals surface area contributed by atoms with Crippen molar-refractivity contribution >= 4 is 31.2 Å². The predicted octanol–water partition coefficient (Wildman–Crippen LogP) is 3.74. The number of hydrogen-bond acceptors (Lipinski definition) is 2. The fraction of sp³-hybridized carbons (Fsp3) is 1.00. The van der Waals surface area contributed by atoms with Crippen molar-refractivity contribution < 1.29 is 8.85 Å². The molecule has 0 aromatic rings. The molecular weight excluding hydrogens is 307 g/mol. The maximum Gasteiger partial charge on any atom is 0.334 e. The second-order valence-corrected chi connectivity index (χ2v) is 8.05. The molecule has 0 saturated heterocycles. The van der Waals surface area contributed by atoms with E-state index in [0.29, 0.717) is 0 Å². The molecular formula is C10H23IO2Si. The molecule has 0 aliphatic carbocycles. The largest absolute Gasteiger partial charge is 0.394 e. The molecule has 0 rings (SSSR count). The fourth-order valence-electron chi connectivity index (χ4n) is 1.21. The molecule has 0 bridgehead atoms. The lowest BCUT2D eigenvalue weighted by molar-refractivity contribution is 0.173. The molecule has 0 saturated carbocycles. The summed E-state index contributed by atoms with van der Waals surface area (Å²) in [4.78, 5) is 0. The summed E-state index contributed by atoms with van der Waals surface area (Å²) in [5.41, 5.74) is 0. The summed E-state index contributed by atoms with van der Waals surface area (Å²) in [6.07, 6.45) is 3.39. The maximum absolute atomic E-state index is 5.90. The van der Waals surface area contributed by atoms with Gasteiger partial charge in [-0.15, -0.1) is 0 Å². The van der Waals surface area contributed by atoms with Gasteiger partial charge in [-0.3, -0.25) is 0 Å². The minimum Gasteiger partial charge on any atom is -0.394 e. The predicted molar refractivity (Wildman–Crippen MR) is 72.4 cm³/mol. The monoisotopic (exact) mass is 330 g/mol. The Morgan fingerprint density at radius 2 is 1.57 bits per heavy atom. The van der Waals surface area contributed by atoms with E-state index in [1.54, 1.807) is 0 Å². The van der Waals surface area contributed by atoms with Crippen LogP contribution in [0.5, 0.6) is 0 Å². The molecule has 0 aliphatic heterocycles. The van der Waals surface area contributed by atoms with Gasteiger partial charge in [0.15, 0.2) is 0 Å². The van der Waals surface area contributed by atoms with Crippen LogP contribution in [-0.4, -0.2) is 26.2 Å². The van der Waals surface area contributed by atoms with Gasteiger partial charge in [0.25, 0.3) is 0 Å². The van der Waals surface area contributed by atoms with Crippen molar-refractivity contribution in [2.24, 2.45) is 0 Å². The number of rotatable bonds is 9. The van der Waals surface area contributed by atoms with E-state index in [1.807, 2.05) is 0 Å². The first kappa shape index (κ1) is 14.9. The van der Waals surface area contributed by atoms with Crippen LogP contribution in [-0.2, 0) is 8.85 Å². The number of halogens is 1. The highest BCUT2D eigenvalue weighted by Crippen LogP contribution is 2.17. The zero-order valence-corrected chi connectivity index (χ0v) is 12.8. The van der Waals surface area contributed by atoms with E-state index in [-0.39, 0.29) is 0 Å². The Balaban J connectivity index is 3.89. The molecule has 0 aromatic carbocycles. The summed E-state index contributed by atoms with van der Waals surface area (Å²) in [7, 11) is -1.82. The minimum atomic E-state index is -1.82. The summed E-state index contributed by atoms with van der Waals surface area (Å²) in [5.74, 6) is 0. The summed E-state index contributed by atoms with van der Waals surface area (Å²) in [5, 5.41) is 0. The Morgan fingerprint density at radius 1 is 1.07 bits per heavy atom. The molecule has 0 heterocycles. The van der Waals surface area contributed by atoms with Gasteiger partial charge >= 0.3 is 8.56 Å². The van der Waals surface area contributed by atoms with Crippen molar-refractivity contribution in [1.82, 2.24) is 0 Å². The van der Waals surface area contributed by atoms with Crippen LogP contribution in [0.2, 0.25) is 12.6 Å². The number of hydrogen-bond donors (Lipinski definition) is 0. The van der Waals surface area contributed by atoms with Gasteiger partial charge < -0.3 is 8.85 Å². The van der Waals surface area contributed by atoms with Crippen molar-refractivity contribution in [1.29, 1.82) is 0 Å². The smallest absolute Gasteiger partial charge is 0.334 e. The Morgan fingerprint density at radius 3 is 1.93 bits per heavy atom. The molecule has 0 aromatic heterocycles. The third-order valence-electron chi connectivity index (χ3n) is 1.99. The van der Waals surface area contributed by atoms with Gasteiger partial charge in [0.1, 0.15) is 0 Å². The van der Waals surface area contributed by atoms with E-state index in [2.05, 4.69) is 43.0 Å². The Bertz CT molecular complexity index is 112. The van der Waals surface area contributed by atoms with Crippen LogP contribution in [0.15, 0.2) is 0 Å². The SMILES string of the molecule is CCCO[Si](C)(CCCI)OCCC. The summed E-state index contributed by atoms with van der Waals surface area (Å²) in [6.45, 7) is 8.20. The molecule has 0 aliphatic rings. The molecule has 0 spiro atoms. The number of alkyl halides is 1. The van der Waals surface area contributed by atoms with Gasteiger partial charge in [0.2, 0.25) is 0 Å². The molecule has 0 radical (unpaired) electrons. The van der Waals surface area contributed by atoms with Gasteiger partial charge in [0, 0.05) is 13.2 Å². The van der Waals surface area contributed by atoms with Crippen LogP contribution >= 0.6 is 22.6 Å². The van der Waals surface area contributed by atoms with Gasteiger partial charge in [-0.05, 0) is 36.3 Å². The third-order valence-corrected chi connectivity index (χ3v) is 5.64. The highest BCUT2D eigenvalue weighted by atomic mass is 127. The van der Waals surface area contributed by atoms with Gasteiger partial charge in [-0.2, -0.15) is 0 Å². The lowest BCUT2D eigenvalue weighted by Crippen LogP contribution is -2.39. The topological polar surface area (TPSA) is 18.5 Å². The van der Waals surface area contributed by atoms with Gasteiger partial charge in [0.05, 0.1) is 0 Å². The van der Waals surface area contributed by atoms with Gasteiger partial charge in [-0.1, -0.05) is 36.4 Å². The molecule has 4 heteroatoms. The van der Waals surface area contributed by atoms with E-state index in [4.69, 9.17) is 8.85 Å². The van der Waals surface area contributed by atoms with Crippen molar-refractivity contribution in [3.05, 3.63) is 0 Å². The molecule has 0 N–H and O–H groups in total. The van der Waals surface area contributed by atoms with Crippen LogP contribution in [0.25, 0.3) is 0 Å². The quantitative estimate of drug-likeness (QED) is 0.364. The second-order valence-electron chi connectivity index (χ2n) is 3.62. The van der Waals surface area contributed by atoms with Crippen molar-refractivity contribution in [3.8, 4) is 0 Å². The van der Waals surface area contributed by atoms with Crippen LogP contribution in [0, 0.1) is 0 Å². The second kappa shape index (κ2) is 9.12. The standard InChI is InChI=1S/C10H23IO2Si/c1-4-8-12-14(3,10-6-7-11)13-9-5-2/h4-10H2,1-3H3. The Hall–Kier alpha value is 0.867. The third kappa shape index (κ3) is 7.20. The van der Waals surface area contributed by atoms with Crippen molar-refractivity contribution in [3.63, 3.8) is 0 Å².